The van der Waals surface area contributed by atoms with E-state index in [-0.39, 0.29) is 11.7 Å². The Bertz CT molecular complexity index is 1280. The predicted octanol–water partition coefficient (Wildman–Crippen LogP) is 3.28. The molecule has 3 aliphatic carbocycles. The average molecular weight is 507 g/mol. The summed E-state index contributed by atoms with van der Waals surface area (Å²) in [6.07, 6.45) is 1.83. The second-order valence-electron chi connectivity index (χ2n) is 10.5. The average Bonchev–Trinajstić information content (AvgIpc) is 3.24. The Hall–Kier alpha value is -3.36. The summed E-state index contributed by atoms with van der Waals surface area (Å²) in [5.41, 5.74) is 0.706. The van der Waals surface area contributed by atoms with Gasteiger partial charge in [0.1, 0.15) is 11.9 Å². The van der Waals surface area contributed by atoms with Gasteiger partial charge in [-0.25, -0.2) is 9.59 Å². The highest BCUT2D eigenvalue weighted by Crippen LogP contribution is 2.67. The number of carbonyl (C=O) groups is 2. The van der Waals surface area contributed by atoms with Crippen LogP contribution in [0.1, 0.15) is 55.4 Å². The van der Waals surface area contributed by atoms with Crippen molar-refractivity contribution in [3.8, 4) is 11.5 Å². The fraction of sp³-hybridized carbons (Fsp3) is 0.448. The van der Waals surface area contributed by atoms with Crippen LogP contribution in [0.25, 0.3) is 0 Å². The van der Waals surface area contributed by atoms with Crippen molar-refractivity contribution in [3.63, 3.8) is 0 Å². The summed E-state index contributed by atoms with van der Waals surface area (Å²) in [7, 11) is 1.58. The van der Waals surface area contributed by atoms with Crippen molar-refractivity contribution in [3.05, 3.63) is 71.0 Å². The maximum absolute atomic E-state index is 13.5. The van der Waals surface area contributed by atoms with Gasteiger partial charge in [-0.3, -0.25) is 0 Å². The molecule has 8 nitrogen and oxygen atoms in total. The third-order valence-corrected chi connectivity index (χ3v) is 8.58. The molecule has 2 N–H and O–H groups in total. The van der Waals surface area contributed by atoms with E-state index in [4.69, 9.17) is 18.9 Å². The summed E-state index contributed by atoms with van der Waals surface area (Å²) in [6.45, 7) is 1.27. The molecular formula is C29H30O8. The van der Waals surface area contributed by atoms with E-state index in [1.165, 1.54) is 6.92 Å². The number of aliphatic hydroxyl groups excluding tert-OH is 1. The predicted molar refractivity (Wildman–Crippen MR) is 131 cm³/mol. The van der Waals surface area contributed by atoms with Crippen molar-refractivity contribution >= 4 is 11.9 Å². The molecule has 1 aliphatic heterocycles. The highest BCUT2D eigenvalue weighted by Gasteiger charge is 2.71. The Kier molecular flexibility index (Phi) is 5.58. The molecule has 0 aromatic heterocycles. The van der Waals surface area contributed by atoms with Crippen LogP contribution in [0, 0.1) is 5.92 Å². The van der Waals surface area contributed by atoms with Crippen LogP contribution in [-0.2, 0) is 30.9 Å². The maximum atomic E-state index is 13.5. The second kappa shape index (κ2) is 8.60. The van der Waals surface area contributed by atoms with E-state index in [1.807, 2.05) is 12.1 Å². The first kappa shape index (κ1) is 24.0. The Morgan fingerprint density at radius 3 is 2.65 bits per heavy atom. The Balaban J connectivity index is 1.39. The fourth-order valence-electron chi connectivity index (χ4n) is 6.95. The van der Waals surface area contributed by atoms with Crippen LogP contribution in [-0.4, -0.2) is 47.1 Å². The summed E-state index contributed by atoms with van der Waals surface area (Å²) in [5, 5.41) is 21.9. The SMILES string of the molecule is COc1ccc2c3c1O[C@H]1C(OC(=O)[C@@H](OC(=O)[C@H](C)O)c4ccccc4)=CC[C@@]4(O)[C@H](CCC[C@]314)C2. The topological polar surface area (TPSA) is 112 Å². The van der Waals surface area contributed by atoms with Crippen molar-refractivity contribution in [2.24, 2.45) is 5.92 Å². The number of methoxy groups -OCH3 is 1. The Labute approximate surface area is 214 Å². The third kappa shape index (κ3) is 3.35. The summed E-state index contributed by atoms with van der Waals surface area (Å²) in [4.78, 5) is 25.7. The van der Waals surface area contributed by atoms with Gasteiger partial charge in [-0.2, -0.15) is 0 Å². The number of hydrogen-bond donors (Lipinski definition) is 2. The van der Waals surface area contributed by atoms with Gasteiger partial charge in [0.2, 0.25) is 6.10 Å². The molecule has 0 unspecified atom stereocenters. The molecule has 2 aromatic carbocycles. The molecule has 6 rings (SSSR count). The van der Waals surface area contributed by atoms with Crippen LogP contribution in [0.3, 0.4) is 0 Å². The van der Waals surface area contributed by atoms with Crippen LogP contribution >= 0.6 is 0 Å². The maximum Gasteiger partial charge on any atom is 0.357 e. The van der Waals surface area contributed by atoms with Crippen LogP contribution < -0.4 is 9.47 Å². The number of benzene rings is 2. The molecule has 1 fully saturated rings. The number of aliphatic hydroxyl groups is 2. The Morgan fingerprint density at radius 1 is 1.14 bits per heavy atom. The van der Waals surface area contributed by atoms with E-state index in [2.05, 4.69) is 0 Å². The lowest BCUT2D eigenvalue weighted by Gasteiger charge is -2.59. The molecule has 0 saturated heterocycles. The first-order chi connectivity index (χ1) is 17.8. The Morgan fingerprint density at radius 2 is 1.92 bits per heavy atom. The van der Waals surface area contributed by atoms with Gasteiger partial charge in [0.15, 0.2) is 17.6 Å². The zero-order valence-electron chi connectivity index (χ0n) is 20.8. The van der Waals surface area contributed by atoms with Crippen molar-refractivity contribution < 1.29 is 38.7 Å². The normalized spacial score (nSPS) is 30.2. The summed E-state index contributed by atoms with van der Waals surface area (Å²) in [5.74, 6) is -0.214. The summed E-state index contributed by atoms with van der Waals surface area (Å²) in [6, 6.07) is 12.5. The zero-order chi connectivity index (χ0) is 25.9. The van der Waals surface area contributed by atoms with Gasteiger partial charge in [0, 0.05) is 11.1 Å². The zero-order valence-corrected chi connectivity index (χ0v) is 20.8. The first-order valence-electron chi connectivity index (χ1n) is 12.7. The fourth-order valence-corrected chi connectivity index (χ4v) is 6.95. The third-order valence-electron chi connectivity index (χ3n) is 8.58. The second-order valence-corrected chi connectivity index (χ2v) is 10.5. The van der Waals surface area contributed by atoms with Crippen molar-refractivity contribution in [2.45, 2.75) is 68.4 Å². The van der Waals surface area contributed by atoms with Crippen molar-refractivity contribution in [1.82, 2.24) is 0 Å². The number of carbonyl (C=O) groups excluding carboxylic acids is 2. The summed E-state index contributed by atoms with van der Waals surface area (Å²) < 4.78 is 23.4. The molecule has 1 spiro atoms. The molecule has 1 saturated carbocycles. The van der Waals surface area contributed by atoms with E-state index in [0.717, 1.165) is 30.4 Å². The highest BCUT2D eigenvalue weighted by atomic mass is 16.6. The minimum absolute atomic E-state index is 0.0664. The van der Waals surface area contributed by atoms with Gasteiger partial charge < -0.3 is 29.2 Å². The van der Waals surface area contributed by atoms with Gasteiger partial charge in [-0.05, 0) is 56.2 Å². The molecule has 2 bridgehead atoms. The summed E-state index contributed by atoms with van der Waals surface area (Å²) >= 11 is 0. The standard InChI is InChI=1S/C29H30O8/c1-16(30)26(31)37-23(17-7-4-3-5-8-17)27(32)35-21-12-14-29(33)19-9-6-13-28(29)22-18(15-19)10-11-20(34-2)24(22)36-25(21)28/h3-5,7-8,10-12,16,19,23,25,30,33H,6,9,13-15H2,1-2H3/t16-,19+,23-,25-,28-,29+/m0/s1. The van der Waals surface area contributed by atoms with E-state index in [9.17, 15) is 19.8 Å². The van der Waals surface area contributed by atoms with Gasteiger partial charge in [0.25, 0.3) is 0 Å². The van der Waals surface area contributed by atoms with Crippen LogP contribution in [0.15, 0.2) is 54.3 Å². The van der Waals surface area contributed by atoms with Gasteiger partial charge in [-0.1, -0.05) is 42.8 Å². The minimum atomic E-state index is -1.40. The largest absolute Gasteiger partial charge is 0.493 e. The van der Waals surface area contributed by atoms with Gasteiger partial charge in [0.05, 0.1) is 18.1 Å². The van der Waals surface area contributed by atoms with E-state index in [1.54, 1.807) is 43.5 Å². The lowest BCUT2D eigenvalue weighted by Crippen LogP contribution is -2.67. The van der Waals surface area contributed by atoms with Crippen molar-refractivity contribution in [2.75, 3.05) is 7.11 Å². The number of esters is 2. The van der Waals surface area contributed by atoms with Gasteiger partial charge >= 0.3 is 11.9 Å². The molecule has 8 heteroatoms. The molecule has 6 atom stereocenters. The number of ether oxygens (including phenoxy) is 4. The van der Waals surface area contributed by atoms with Crippen LogP contribution in [0.4, 0.5) is 0 Å². The molecule has 1 heterocycles. The molecule has 37 heavy (non-hydrogen) atoms. The molecule has 2 aromatic rings. The minimum Gasteiger partial charge on any atom is -0.493 e. The van der Waals surface area contributed by atoms with Crippen LogP contribution in [0.2, 0.25) is 0 Å². The lowest BCUT2D eigenvalue weighted by atomic mass is 9.47. The highest BCUT2D eigenvalue weighted by molar-refractivity contribution is 5.83. The van der Waals surface area contributed by atoms with E-state index >= 15 is 0 Å². The molecular weight excluding hydrogens is 476 g/mol. The molecule has 0 radical (unpaired) electrons. The van der Waals surface area contributed by atoms with E-state index < -0.39 is 41.3 Å². The number of hydrogen-bond acceptors (Lipinski definition) is 8. The quantitative estimate of drug-likeness (QED) is 0.575. The smallest absolute Gasteiger partial charge is 0.357 e. The van der Waals surface area contributed by atoms with Crippen LogP contribution in [0.5, 0.6) is 11.5 Å². The first-order valence-corrected chi connectivity index (χ1v) is 12.7. The van der Waals surface area contributed by atoms with Crippen molar-refractivity contribution in [1.29, 1.82) is 0 Å². The van der Waals surface area contributed by atoms with E-state index in [0.29, 0.717) is 29.9 Å². The van der Waals surface area contributed by atoms with Gasteiger partial charge in [-0.15, -0.1) is 0 Å². The molecule has 0 amide bonds. The number of rotatable bonds is 6. The lowest BCUT2D eigenvalue weighted by molar-refractivity contribution is -0.176. The monoisotopic (exact) mass is 506 g/mol. The molecule has 194 valence electrons. The molecule has 4 aliphatic rings.